The molecule has 0 heterocycles. The first-order valence-corrected chi connectivity index (χ1v) is 9.63. The van der Waals surface area contributed by atoms with Crippen molar-refractivity contribution in [3.05, 3.63) is 35.4 Å². The van der Waals surface area contributed by atoms with Gasteiger partial charge in [-0.1, -0.05) is 63.3 Å². The molecular weight excluding hydrogens is 362 g/mol. The molecule has 7 nitrogen and oxygen atoms in total. The van der Waals surface area contributed by atoms with Gasteiger partial charge in [0.05, 0.1) is 0 Å². The molecule has 0 aliphatic carbocycles. The number of ketones is 1. The van der Waals surface area contributed by atoms with Crippen LogP contribution in [0.15, 0.2) is 24.3 Å². The minimum atomic E-state index is -2.06. The van der Waals surface area contributed by atoms with Crippen molar-refractivity contribution in [1.82, 2.24) is 5.32 Å². The van der Waals surface area contributed by atoms with Crippen molar-refractivity contribution in [3.8, 4) is 0 Å². The summed E-state index contributed by atoms with van der Waals surface area (Å²) < 4.78 is 0. The Bertz CT molecular complexity index is 669. The Morgan fingerprint density at radius 3 is 1.93 bits per heavy atom. The summed E-state index contributed by atoms with van der Waals surface area (Å²) in [6.45, 7) is 3.28. The Hall–Kier alpha value is -2.70. The summed E-state index contributed by atoms with van der Waals surface area (Å²) in [6, 6.07) is 4.98. The van der Waals surface area contributed by atoms with Gasteiger partial charge >= 0.3 is 11.9 Å². The maximum Gasteiger partial charge on any atom is 0.320 e. The van der Waals surface area contributed by atoms with E-state index in [0.717, 1.165) is 31.7 Å². The molecule has 0 bridgehead atoms. The number of hydrogen-bond donors (Lipinski definition) is 3. The molecule has 0 spiro atoms. The number of carbonyl (C=O) groups excluding carboxylic acids is 2. The Labute approximate surface area is 165 Å². The Morgan fingerprint density at radius 2 is 1.43 bits per heavy atom. The van der Waals surface area contributed by atoms with Crippen molar-refractivity contribution in [2.75, 3.05) is 0 Å². The number of hydrogen-bond acceptors (Lipinski definition) is 4. The van der Waals surface area contributed by atoms with Crippen LogP contribution in [0, 0.1) is 5.92 Å². The fraction of sp³-hybridized carbons (Fsp3) is 0.524. The molecule has 0 saturated heterocycles. The predicted molar refractivity (Wildman–Crippen MR) is 104 cm³/mol. The summed E-state index contributed by atoms with van der Waals surface area (Å²) in [5.41, 5.74) is 1.22. The van der Waals surface area contributed by atoms with Gasteiger partial charge < -0.3 is 15.5 Å². The molecule has 0 aliphatic rings. The third kappa shape index (κ3) is 7.50. The zero-order valence-corrected chi connectivity index (χ0v) is 16.4. The number of benzene rings is 1. The van der Waals surface area contributed by atoms with Crippen LogP contribution in [0.2, 0.25) is 0 Å². The summed E-state index contributed by atoms with van der Waals surface area (Å²) in [6.07, 6.45) is 7.97. The van der Waals surface area contributed by atoms with E-state index < -0.39 is 35.6 Å². The minimum absolute atomic E-state index is 0.165. The Kier molecular flexibility index (Phi) is 9.92. The smallest absolute Gasteiger partial charge is 0.320 e. The Morgan fingerprint density at radius 1 is 0.893 bits per heavy atom. The van der Waals surface area contributed by atoms with Crippen molar-refractivity contribution in [2.24, 2.45) is 5.92 Å². The lowest BCUT2D eigenvalue weighted by Crippen LogP contribution is -2.50. The van der Waals surface area contributed by atoms with Gasteiger partial charge in [-0.05, 0) is 18.4 Å². The highest BCUT2D eigenvalue weighted by molar-refractivity contribution is 6.08. The van der Waals surface area contributed by atoms with E-state index in [0.29, 0.717) is 0 Å². The molecule has 0 fully saturated rings. The lowest BCUT2D eigenvalue weighted by atomic mass is 9.91. The number of Topliss-reactive ketones (excluding diaryl/α,β-unsaturated/α-hetero) is 1. The van der Waals surface area contributed by atoms with Crippen LogP contribution in [0.4, 0.5) is 0 Å². The quantitative estimate of drug-likeness (QED) is 0.270. The molecular formula is C21H29NO6. The van der Waals surface area contributed by atoms with Crippen LogP contribution in [-0.4, -0.2) is 39.9 Å². The first-order chi connectivity index (χ1) is 13.3. The number of carboxylic acid groups (broad SMARTS) is 2. The van der Waals surface area contributed by atoms with Crippen molar-refractivity contribution in [1.29, 1.82) is 0 Å². The number of aliphatic carboxylic acids is 2. The lowest BCUT2D eigenvalue weighted by molar-refractivity contribution is -0.155. The van der Waals surface area contributed by atoms with Gasteiger partial charge in [-0.15, -0.1) is 0 Å². The topological polar surface area (TPSA) is 121 Å². The van der Waals surface area contributed by atoms with Crippen molar-refractivity contribution in [2.45, 2.75) is 64.8 Å². The first kappa shape index (κ1) is 23.3. The van der Waals surface area contributed by atoms with Gasteiger partial charge in [0.2, 0.25) is 5.91 Å². The molecule has 28 heavy (non-hydrogen) atoms. The van der Waals surface area contributed by atoms with Gasteiger partial charge in [-0.25, -0.2) is 0 Å². The van der Waals surface area contributed by atoms with Crippen LogP contribution in [-0.2, 0) is 20.8 Å². The van der Waals surface area contributed by atoms with Gasteiger partial charge in [0, 0.05) is 12.5 Å². The van der Waals surface area contributed by atoms with Crippen molar-refractivity contribution >= 4 is 23.6 Å². The molecule has 0 aromatic heterocycles. The SMILES string of the molecule is CCCCCCCCc1ccc(C(=O)C(NC(C)=O)C(C(=O)O)C(=O)O)cc1. The number of carbonyl (C=O) groups is 4. The third-order valence-corrected chi connectivity index (χ3v) is 4.56. The number of amides is 1. The zero-order valence-electron chi connectivity index (χ0n) is 16.4. The highest BCUT2D eigenvalue weighted by Crippen LogP contribution is 2.16. The van der Waals surface area contributed by atoms with E-state index in [-0.39, 0.29) is 5.56 Å². The second-order valence-corrected chi connectivity index (χ2v) is 6.91. The normalized spacial score (nSPS) is 11.8. The van der Waals surface area contributed by atoms with E-state index in [1.807, 2.05) is 0 Å². The zero-order chi connectivity index (χ0) is 21.1. The molecule has 0 aliphatic heterocycles. The van der Waals surface area contributed by atoms with E-state index in [9.17, 15) is 19.2 Å². The standard InChI is InChI=1S/C21H29NO6/c1-3-4-5-6-7-8-9-15-10-12-16(13-11-15)19(24)18(22-14(2)23)17(20(25)26)21(27)28/h10-13,17-18H,3-9H2,1-2H3,(H,22,23)(H,25,26)(H,27,28). The average molecular weight is 391 g/mol. The molecule has 0 saturated carbocycles. The molecule has 1 aromatic rings. The van der Waals surface area contributed by atoms with Crippen LogP contribution in [0.1, 0.15) is 68.3 Å². The van der Waals surface area contributed by atoms with Gasteiger partial charge in [0.1, 0.15) is 6.04 Å². The van der Waals surface area contributed by atoms with E-state index in [4.69, 9.17) is 10.2 Å². The molecule has 3 N–H and O–H groups in total. The van der Waals surface area contributed by atoms with E-state index in [2.05, 4.69) is 12.2 Å². The van der Waals surface area contributed by atoms with E-state index in [1.54, 1.807) is 24.3 Å². The number of aryl methyl sites for hydroxylation is 1. The molecule has 1 amide bonds. The van der Waals surface area contributed by atoms with E-state index >= 15 is 0 Å². The summed E-state index contributed by atoms with van der Waals surface area (Å²) in [7, 11) is 0. The van der Waals surface area contributed by atoms with Crippen molar-refractivity contribution < 1.29 is 29.4 Å². The second-order valence-electron chi connectivity index (χ2n) is 6.91. The lowest BCUT2D eigenvalue weighted by Gasteiger charge is -2.20. The molecule has 1 atom stereocenters. The fourth-order valence-electron chi connectivity index (χ4n) is 3.03. The van der Waals surface area contributed by atoms with Crippen LogP contribution in [0.3, 0.4) is 0 Å². The van der Waals surface area contributed by atoms with Gasteiger partial charge in [-0.3, -0.25) is 19.2 Å². The highest BCUT2D eigenvalue weighted by atomic mass is 16.4. The molecule has 154 valence electrons. The summed E-state index contributed by atoms with van der Waals surface area (Å²) in [4.78, 5) is 46.6. The minimum Gasteiger partial charge on any atom is -0.481 e. The second kappa shape index (κ2) is 11.9. The number of nitrogens with one attached hydrogen (secondary N) is 1. The maximum absolute atomic E-state index is 12.7. The number of carboxylic acids is 2. The fourth-order valence-corrected chi connectivity index (χ4v) is 3.03. The van der Waals surface area contributed by atoms with Crippen LogP contribution >= 0.6 is 0 Å². The van der Waals surface area contributed by atoms with E-state index in [1.165, 1.54) is 25.7 Å². The molecule has 1 rings (SSSR count). The molecule has 7 heteroatoms. The maximum atomic E-state index is 12.7. The average Bonchev–Trinajstić information content (AvgIpc) is 2.63. The van der Waals surface area contributed by atoms with Crippen LogP contribution < -0.4 is 5.32 Å². The molecule has 1 aromatic carbocycles. The predicted octanol–water partition coefficient (Wildman–Crippen LogP) is 3.06. The highest BCUT2D eigenvalue weighted by Gasteiger charge is 2.40. The monoisotopic (exact) mass is 391 g/mol. The number of unbranched alkanes of at least 4 members (excludes halogenated alkanes) is 5. The van der Waals surface area contributed by atoms with Gasteiger partial charge in [0.15, 0.2) is 11.7 Å². The summed E-state index contributed by atoms with van der Waals surface area (Å²) in [5, 5.41) is 20.5. The molecule has 1 unspecified atom stereocenters. The third-order valence-electron chi connectivity index (χ3n) is 4.56. The van der Waals surface area contributed by atoms with Gasteiger partial charge in [0.25, 0.3) is 0 Å². The number of rotatable bonds is 13. The van der Waals surface area contributed by atoms with Gasteiger partial charge in [-0.2, -0.15) is 0 Å². The Balaban J connectivity index is 2.80. The van der Waals surface area contributed by atoms with Crippen LogP contribution in [0.5, 0.6) is 0 Å². The molecule has 0 radical (unpaired) electrons. The van der Waals surface area contributed by atoms with Crippen molar-refractivity contribution in [3.63, 3.8) is 0 Å². The largest absolute Gasteiger partial charge is 0.481 e. The van der Waals surface area contributed by atoms with Crippen LogP contribution in [0.25, 0.3) is 0 Å². The summed E-state index contributed by atoms with van der Waals surface area (Å²) >= 11 is 0. The summed E-state index contributed by atoms with van der Waals surface area (Å²) in [5.74, 6) is -6.83. The first-order valence-electron chi connectivity index (χ1n) is 9.63.